The van der Waals surface area contributed by atoms with E-state index in [-0.39, 0.29) is 12.0 Å². The molecule has 1 aromatic rings. The third-order valence-corrected chi connectivity index (χ3v) is 4.10. The Kier molecular flexibility index (Phi) is 3.07. The van der Waals surface area contributed by atoms with Gasteiger partial charge in [0.2, 0.25) is 5.91 Å². The Balaban J connectivity index is 1.75. The van der Waals surface area contributed by atoms with E-state index >= 15 is 0 Å². The summed E-state index contributed by atoms with van der Waals surface area (Å²) in [6.45, 7) is 3.92. The second-order valence-electron chi connectivity index (χ2n) is 5.62. The Morgan fingerprint density at radius 2 is 2.16 bits per heavy atom. The van der Waals surface area contributed by atoms with E-state index in [0.717, 1.165) is 12.8 Å². The maximum atomic E-state index is 12.3. The SMILES string of the molecule is Cc1ccccc1C1CN(C(=O)C2(N)CC2)CCO1. The van der Waals surface area contributed by atoms with Crippen LogP contribution in [-0.2, 0) is 9.53 Å². The van der Waals surface area contributed by atoms with Crippen molar-refractivity contribution in [2.24, 2.45) is 5.73 Å². The zero-order valence-electron chi connectivity index (χ0n) is 11.3. The Morgan fingerprint density at radius 3 is 2.84 bits per heavy atom. The van der Waals surface area contributed by atoms with E-state index in [9.17, 15) is 4.79 Å². The van der Waals surface area contributed by atoms with Crippen molar-refractivity contribution in [3.8, 4) is 0 Å². The summed E-state index contributed by atoms with van der Waals surface area (Å²) < 4.78 is 5.82. The van der Waals surface area contributed by atoms with E-state index in [1.54, 1.807) is 0 Å². The lowest BCUT2D eigenvalue weighted by molar-refractivity contribution is -0.141. The van der Waals surface area contributed by atoms with Gasteiger partial charge in [0.05, 0.1) is 18.7 Å². The average molecular weight is 260 g/mol. The molecule has 0 bridgehead atoms. The third kappa shape index (κ3) is 2.38. The number of carbonyl (C=O) groups excluding carboxylic acids is 1. The fraction of sp³-hybridized carbons (Fsp3) is 0.533. The van der Waals surface area contributed by atoms with E-state index in [1.807, 2.05) is 17.0 Å². The van der Waals surface area contributed by atoms with Crippen LogP contribution in [-0.4, -0.2) is 36.0 Å². The summed E-state index contributed by atoms with van der Waals surface area (Å²) in [5.74, 6) is 0.0920. The van der Waals surface area contributed by atoms with Crippen molar-refractivity contribution in [3.05, 3.63) is 35.4 Å². The van der Waals surface area contributed by atoms with Gasteiger partial charge in [0.15, 0.2) is 0 Å². The van der Waals surface area contributed by atoms with Gasteiger partial charge in [-0.25, -0.2) is 0 Å². The second kappa shape index (κ2) is 4.62. The first-order valence-corrected chi connectivity index (χ1v) is 6.85. The monoisotopic (exact) mass is 260 g/mol. The van der Waals surface area contributed by atoms with Crippen molar-refractivity contribution < 1.29 is 9.53 Å². The molecule has 1 saturated carbocycles. The lowest BCUT2D eigenvalue weighted by Crippen LogP contribution is -2.50. The summed E-state index contributed by atoms with van der Waals surface area (Å²) in [7, 11) is 0. The minimum atomic E-state index is -0.576. The number of morpholine rings is 1. The Morgan fingerprint density at radius 1 is 1.42 bits per heavy atom. The van der Waals surface area contributed by atoms with Crippen LogP contribution in [0.2, 0.25) is 0 Å². The summed E-state index contributed by atoms with van der Waals surface area (Å²) in [5.41, 5.74) is 7.80. The van der Waals surface area contributed by atoms with Gasteiger partial charge in [-0.2, -0.15) is 0 Å². The molecule has 102 valence electrons. The number of carbonyl (C=O) groups is 1. The second-order valence-corrected chi connectivity index (χ2v) is 5.62. The van der Waals surface area contributed by atoms with Gasteiger partial charge < -0.3 is 15.4 Å². The lowest BCUT2D eigenvalue weighted by atomic mass is 10.0. The van der Waals surface area contributed by atoms with Crippen LogP contribution in [0.1, 0.15) is 30.1 Å². The predicted molar refractivity (Wildman–Crippen MR) is 72.6 cm³/mol. The molecule has 0 radical (unpaired) electrons. The molecular weight excluding hydrogens is 240 g/mol. The molecule has 19 heavy (non-hydrogen) atoms. The summed E-state index contributed by atoms with van der Waals surface area (Å²) >= 11 is 0. The molecule has 4 nitrogen and oxygen atoms in total. The van der Waals surface area contributed by atoms with Crippen molar-refractivity contribution in [2.75, 3.05) is 19.7 Å². The van der Waals surface area contributed by atoms with E-state index in [0.29, 0.717) is 19.7 Å². The molecule has 2 fully saturated rings. The minimum absolute atomic E-state index is 0.0266. The van der Waals surface area contributed by atoms with Gasteiger partial charge in [0.25, 0.3) is 0 Å². The van der Waals surface area contributed by atoms with Gasteiger partial charge in [0.1, 0.15) is 6.10 Å². The summed E-state index contributed by atoms with van der Waals surface area (Å²) in [6.07, 6.45) is 1.61. The largest absolute Gasteiger partial charge is 0.370 e. The van der Waals surface area contributed by atoms with Crippen molar-refractivity contribution in [1.82, 2.24) is 4.90 Å². The van der Waals surface area contributed by atoms with Crippen molar-refractivity contribution in [3.63, 3.8) is 0 Å². The minimum Gasteiger partial charge on any atom is -0.370 e. The first-order chi connectivity index (χ1) is 9.10. The standard InChI is InChI=1S/C15H20N2O2/c1-11-4-2-3-5-12(11)13-10-17(8-9-19-13)14(18)15(16)6-7-15/h2-5,13H,6-10,16H2,1H3. The Hall–Kier alpha value is -1.39. The van der Waals surface area contributed by atoms with Crippen LogP contribution in [0.25, 0.3) is 0 Å². The van der Waals surface area contributed by atoms with E-state index in [2.05, 4.69) is 19.1 Å². The van der Waals surface area contributed by atoms with Crippen molar-refractivity contribution in [1.29, 1.82) is 0 Å². The fourth-order valence-corrected chi connectivity index (χ4v) is 2.63. The number of ether oxygens (including phenoxy) is 1. The third-order valence-electron chi connectivity index (χ3n) is 4.10. The molecule has 2 aliphatic rings. The quantitative estimate of drug-likeness (QED) is 0.874. The number of hydrogen-bond donors (Lipinski definition) is 1. The molecular formula is C15H20N2O2. The number of amides is 1. The molecule has 1 aliphatic heterocycles. The van der Waals surface area contributed by atoms with Crippen molar-refractivity contribution in [2.45, 2.75) is 31.4 Å². The predicted octanol–water partition coefficient (Wildman–Crippen LogP) is 1.39. The molecule has 1 atom stereocenters. The van der Waals surface area contributed by atoms with Gasteiger partial charge in [-0.05, 0) is 30.9 Å². The number of nitrogens with two attached hydrogens (primary N) is 1. The highest BCUT2D eigenvalue weighted by Crippen LogP contribution is 2.35. The smallest absolute Gasteiger partial charge is 0.242 e. The molecule has 3 rings (SSSR count). The van der Waals surface area contributed by atoms with Gasteiger partial charge in [-0.15, -0.1) is 0 Å². The van der Waals surface area contributed by atoms with Crippen LogP contribution < -0.4 is 5.73 Å². The molecule has 0 spiro atoms. The molecule has 0 aromatic heterocycles. The number of benzene rings is 1. The van der Waals surface area contributed by atoms with Crippen LogP contribution >= 0.6 is 0 Å². The summed E-state index contributed by atoms with van der Waals surface area (Å²) in [4.78, 5) is 14.2. The van der Waals surface area contributed by atoms with Crippen molar-refractivity contribution >= 4 is 5.91 Å². The number of hydrogen-bond acceptors (Lipinski definition) is 3. The zero-order valence-corrected chi connectivity index (χ0v) is 11.3. The van der Waals surface area contributed by atoms with Crippen LogP contribution in [0.15, 0.2) is 24.3 Å². The van der Waals surface area contributed by atoms with Gasteiger partial charge in [0, 0.05) is 6.54 Å². The molecule has 1 heterocycles. The summed E-state index contributed by atoms with van der Waals surface area (Å²) in [5, 5.41) is 0. The highest BCUT2D eigenvalue weighted by molar-refractivity contribution is 5.89. The van der Waals surface area contributed by atoms with Crippen LogP contribution in [0, 0.1) is 6.92 Å². The highest BCUT2D eigenvalue weighted by Gasteiger charge is 2.48. The Bertz CT molecular complexity index is 497. The molecule has 2 N–H and O–H groups in total. The topological polar surface area (TPSA) is 55.6 Å². The molecule has 4 heteroatoms. The van der Waals surface area contributed by atoms with E-state index in [4.69, 9.17) is 10.5 Å². The number of aryl methyl sites for hydroxylation is 1. The maximum absolute atomic E-state index is 12.3. The van der Waals surface area contributed by atoms with Crippen LogP contribution in [0.3, 0.4) is 0 Å². The highest BCUT2D eigenvalue weighted by atomic mass is 16.5. The van der Waals surface area contributed by atoms with E-state index in [1.165, 1.54) is 11.1 Å². The fourth-order valence-electron chi connectivity index (χ4n) is 2.63. The first kappa shape index (κ1) is 12.6. The normalized spacial score (nSPS) is 25.2. The molecule has 1 aromatic carbocycles. The van der Waals surface area contributed by atoms with Crippen LogP contribution in [0.5, 0.6) is 0 Å². The number of rotatable bonds is 2. The molecule has 1 aliphatic carbocycles. The number of nitrogens with zero attached hydrogens (tertiary/aromatic N) is 1. The molecule has 1 unspecified atom stereocenters. The lowest BCUT2D eigenvalue weighted by Gasteiger charge is -2.35. The van der Waals surface area contributed by atoms with Gasteiger partial charge >= 0.3 is 0 Å². The first-order valence-electron chi connectivity index (χ1n) is 6.85. The zero-order chi connectivity index (χ0) is 13.5. The van der Waals surface area contributed by atoms with Crippen LogP contribution in [0.4, 0.5) is 0 Å². The van der Waals surface area contributed by atoms with E-state index < -0.39 is 5.54 Å². The summed E-state index contributed by atoms with van der Waals surface area (Å²) in [6, 6.07) is 8.18. The Labute approximate surface area is 113 Å². The van der Waals surface area contributed by atoms with Gasteiger partial charge in [-0.1, -0.05) is 24.3 Å². The maximum Gasteiger partial charge on any atom is 0.242 e. The van der Waals surface area contributed by atoms with Gasteiger partial charge in [-0.3, -0.25) is 4.79 Å². The molecule has 1 saturated heterocycles. The molecule has 1 amide bonds. The average Bonchev–Trinajstić information content (AvgIpc) is 3.18.